The Kier molecular flexibility index (Phi) is 2.92. The largest absolute Gasteiger partial charge is 0.476 e. The fraction of sp³-hybridized carbons (Fsp3) is 0.0909. The summed E-state index contributed by atoms with van der Waals surface area (Å²) in [5.74, 6) is -1.10. The summed E-state index contributed by atoms with van der Waals surface area (Å²) < 4.78 is 4.65. The molecule has 0 saturated carbocycles. The number of hydrogen-bond acceptors (Lipinski definition) is 3. The summed E-state index contributed by atoms with van der Waals surface area (Å²) in [6.07, 6.45) is 1.72. The molecule has 2 aromatic rings. The number of carboxylic acids is 1. The number of benzene rings is 1. The first-order chi connectivity index (χ1) is 7.68. The van der Waals surface area contributed by atoms with Crippen LogP contribution < -0.4 is 0 Å². The number of aromatic nitrogens is 1. The first-order valence-electron chi connectivity index (χ1n) is 4.58. The molecule has 2 rings (SSSR count). The van der Waals surface area contributed by atoms with Gasteiger partial charge in [0.25, 0.3) is 0 Å². The van der Waals surface area contributed by atoms with Crippen molar-refractivity contribution in [1.82, 2.24) is 5.16 Å². The smallest absolute Gasteiger partial charge is 0.358 e. The second-order valence-electron chi connectivity index (χ2n) is 3.26. The van der Waals surface area contributed by atoms with Crippen molar-refractivity contribution in [3.8, 4) is 0 Å². The molecule has 0 bridgehead atoms. The van der Waals surface area contributed by atoms with Gasteiger partial charge >= 0.3 is 5.97 Å². The average molecular weight is 238 g/mol. The number of nitrogens with zero attached hydrogens (tertiary/aromatic N) is 1. The Labute approximate surface area is 96.4 Å². The van der Waals surface area contributed by atoms with Gasteiger partial charge in [0.05, 0.1) is 0 Å². The van der Waals surface area contributed by atoms with E-state index >= 15 is 0 Å². The Morgan fingerprint density at radius 3 is 2.81 bits per heavy atom. The van der Waals surface area contributed by atoms with E-state index in [0.29, 0.717) is 17.0 Å². The van der Waals surface area contributed by atoms with E-state index in [1.54, 1.807) is 6.07 Å². The van der Waals surface area contributed by atoms with Gasteiger partial charge in [0.15, 0.2) is 5.69 Å². The van der Waals surface area contributed by atoms with Crippen LogP contribution in [0.3, 0.4) is 0 Å². The summed E-state index contributed by atoms with van der Waals surface area (Å²) in [5.41, 5.74) is 1.29. The maximum absolute atomic E-state index is 10.8. The highest BCUT2D eigenvalue weighted by molar-refractivity contribution is 6.31. The molecule has 82 valence electrons. The summed E-state index contributed by atoms with van der Waals surface area (Å²) >= 11 is 5.97. The van der Waals surface area contributed by atoms with E-state index in [2.05, 4.69) is 9.68 Å². The van der Waals surface area contributed by atoms with Gasteiger partial charge in [-0.25, -0.2) is 4.79 Å². The molecular formula is C11H8ClNO3. The SMILES string of the molecule is O=C(O)c1nocc1Cc1ccccc1Cl. The molecule has 16 heavy (non-hydrogen) atoms. The quantitative estimate of drug-likeness (QED) is 0.891. The lowest BCUT2D eigenvalue weighted by Gasteiger charge is -2.01. The highest BCUT2D eigenvalue weighted by atomic mass is 35.5. The van der Waals surface area contributed by atoms with Gasteiger partial charge < -0.3 is 9.63 Å². The molecule has 0 aliphatic heterocycles. The lowest BCUT2D eigenvalue weighted by molar-refractivity contribution is 0.0685. The Balaban J connectivity index is 2.31. The molecule has 1 N–H and O–H groups in total. The number of carboxylic acid groups (broad SMARTS) is 1. The molecule has 0 fully saturated rings. The molecule has 0 unspecified atom stereocenters. The molecule has 1 heterocycles. The number of halogens is 1. The topological polar surface area (TPSA) is 63.3 Å². The first-order valence-corrected chi connectivity index (χ1v) is 4.96. The van der Waals surface area contributed by atoms with Crippen molar-refractivity contribution in [2.24, 2.45) is 0 Å². The van der Waals surface area contributed by atoms with Crippen molar-refractivity contribution in [2.75, 3.05) is 0 Å². The number of carbonyl (C=O) groups is 1. The van der Waals surface area contributed by atoms with Crippen LogP contribution in [0.2, 0.25) is 5.02 Å². The molecule has 5 heteroatoms. The zero-order valence-corrected chi connectivity index (χ0v) is 8.94. The van der Waals surface area contributed by atoms with Crippen molar-refractivity contribution in [3.05, 3.63) is 52.4 Å². The van der Waals surface area contributed by atoms with Crippen LogP contribution in [0, 0.1) is 0 Å². The molecule has 0 atom stereocenters. The lowest BCUT2D eigenvalue weighted by Crippen LogP contribution is -2.01. The van der Waals surface area contributed by atoms with E-state index in [1.165, 1.54) is 6.26 Å². The van der Waals surface area contributed by atoms with Crippen LogP contribution in [0.25, 0.3) is 0 Å². The van der Waals surface area contributed by atoms with Crippen molar-refractivity contribution < 1.29 is 14.4 Å². The standard InChI is InChI=1S/C11H8ClNO3/c12-9-4-2-1-3-7(9)5-8-6-16-13-10(8)11(14)15/h1-4,6H,5H2,(H,14,15). The molecule has 1 aromatic heterocycles. The zero-order chi connectivity index (χ0) is 11.5. The zero-order valence-electron chi connectivity index (χ0n) is 8.18. The third-order valence-electron chi connectivity index (χ3n) is 2.18. The van der Waals surface area contributed by atoms with E-state index in [4.69, 9.17) is 16.7 Å². The van der Waals surface area contributed by atoms with Gasteiger partial charge in [-0.15, -0.1) is 0 Å². The summed E-state index contributed by atoms with van der Waals surface area (Å²) in [6.45, 7) is 0. The third kappa shape index (κ3) is 2.06. The van der Waals surface area contributed by atoms with Crippen molar-refractivity contribution >= 4 is 17.6 Å². The molecule has 0 saturated heterocycles. The Morgan fingerprint density at radius 2 is 2.12 bits per heavy atom. The minimum atomic E-state index is -1.10. The maximum Gasteiger partial charge on any atom is 0.358 e. The molecule has 0 spiro atoms. The van der Waals surface area contributed by atoms with Gasteiger partial charge in [-0.2, -0.15) is 0 Å². The third-order valence-corrected chi connectivity index (χ3v) is 2.55. The van der Waals surface area contributed by atoms with Gasteiger partial charge in [-0.05, 0) is 11.6 Å². The van der Waals surface area contributed by atoms with Crippen LogP contribution in [0.15, 0.2) is 35.1 Å². The predicted octanol–water partition coefficient (Wildman–Crippen LogP) is 2.62. The highest BCUT2D eigenvalue weighted by Crippen LogP contribution is 2.20. The minimum Gasteiger partial charge on any atom is -0.476 e. The summed E-state index contributed by atoms with van der Waals surface area (Å²) in [4.78, 5) is 10.8. The van der Waals surface area contributed by atoms with Crippen LogP contribution in [0.4, 0.5) is 0 Å². The molecule has 0 aliphatic rings. The number of hydrogen-bond donors (Lipinski definition) is 1. The van der Waals surface area contributed by atoms with Crippen molar-refractivity contribution in [2.45, 2.75) is 6.42 Å². The molecule has 1 aromatic carbocycles. The Bertz CT molecular complexity index is 521. The van der Waals surface area contributed by atoms with Crippen LogP contribution in [0.1, 0.15) is 21.6 Å². The minimum absolute atomic E-state index is 0.0695. The second kappa shape index (κ2) is 4.37. The summed E-state index contributed by atoms with van der Waals surface area (Å²) in [7, 11) is 0. The van der Waals surface area contributed by atoms with E-state index in [9.17, 15) is 4.79 Å². The maximum atomic E-state index is 10.8. The normalized spacial score (nSPS) is 10.3. The summed E-state index contributed by atoms with van der Waals surface area (Å²) in [5, 5.41) is 12.9. The predicted molar refractivity (Wildman–Crippen MR) is 57.7 cm³/mol. The molecular weight excluding hydrogens is 230 g/mol. The van der Waals surface area contributed by atoms with Gasteiger partial charge in [0.1, 0.15) is 6.26 Å². The van der Waals surface area contributed by atoms with Crippen molar-refractivity contribution in [1.29, 1.82) is 0 Å². The summed E-state index contributed by atoms with van der Waals surface area (Å²) in [6, 6.07) is 7.25. The van der Waals surface area contributed by atoms with Gasteiger partial charge in [-0.1, -0.05) is 35.0 Å². The second-order valence-corrected chi connectivity index (χ2v) is 3.67. The van der Waals surface area contributed by atoms with Crippen LogP contribution >= 0.6 is 11.6 Å². The Hall–Kier alpha value is -1.81. The van der Waals surface area contributed by atoms with E-state index in [0.717, 1.165) is 5.56 Å². The molecule has 0 radical (unpaired) electrons. The molecule has 4 nitrogen and oxygen atoms in total. The van der Waals surface area contributed by atoms with E-state index < -0.39 is 5.97 Å². The van der Waals surface area contributed by atoms with Gasteiger partial charge in [0.2, 0.25) is 0 Å². The van der Waals surface area contributed by atoms with Gasteiger partial charge in [0, 0.05) is 17.0 Å². The van der Waals surface area contributed by atoms with E-state index in [1.807, 2.05) is 18.2 Å². The van der Waals surface area contributed by atoms with Gasteiger partial charge in [-0.3, -0.25) is 0 Å². The number of aromatic carboxylic acids is 1. The average Bonchev–Trinajstić information content (AvgIpc) is 2.69. The van der Waals surface area contributed by atoms with Crippen LogP contribution in [0.5, 0.6) is 0 Å². The highest BCUT2D eigenvalue weighted by Gasteiger charge is 2.15. The Morgan fingerprint density at radius 1 is 1.38 bits per heavy atom. The van der Waals surface area contributed by atoms with Crippen LogP contribution in [-0.2, 0) is 6.42 Å². The molecule has 0 aliphatic carbocycles. The van der Waals surface area contributed by atoms with Crippen LogP contribution in [-0.4, -0.2) is 16.2 Å². The van der Waals surface area contributed by atoms with Crippen molar-refractivity contribution in [3.63, 3.8) is 0 Å². The lowest BCUT2D eigenvalue weighted by atomic mass is 10.1. The fourth-order valence-corrected chi connectivity index (χ4v) is 1.61. The van der Waals surface area contributed by atoms with E-state index in [-0.39, 0.29) is 5.69 Å². The first kappa shape index (κ1) is 10.7. The molecule has 0 amide bonds. The fourth-order valence-electron chi connectivity index (χ4n) is 1.41. The number of rotatable bonds is 3. The monoisotopic (exact) mass is 237 g/mol.